The fraction of sp³-hybridized carbons (Fsp3) is 0.467. The summed E-state index contributed by atoms with van der Waals surface area (Å²) in [5.41, 5.74) is 6.36. The Hall–Kier alpha value is -2.04. The first-order valence-electron chi connectivity index (χ1n) is 6.77. The fourth-order valence-corrected chi connectivity index (χ4v) is 1.76. The minimum Gasteiger partial charge on any atom is -0.409 e. The van der Waals surface area contributed by atoms with Crippen molar-refractivity contribution in [1.82, 2.24) is 5.32 Å². The van der Waals surface area contributed by atoms with E-state index in [1.165, 1.54) is 0 Å². The monoisotopic (exact) mass is 277 g/mol. The third-order valence-electron chi connectivity index (χ3n) is 3.54. The first kappa shape index (κ1) is 16.0. The zero-order valence-electron chi connectivity index (χ0n) is 12.2. The lowest BCUT2D eigenvalue weighted by Gasteiger charge is -2.20. The van der Waals surface area contributed by atoms with E-state index in [0.29, 0.717) is 23.9 Å². The van der Waals surface area contributed by atoms with Crippen LogP contribution in [-0.2, 0) is 4.79 Å². The number of rotatable bonds is 6. The largest absolute Gasteiger partial charge is 0.409 e. The van der Waals surface area contributed by atoms with E-state index in [4.69, 9.17) is 10.9 Å². The van der Waals surface area contributed by atoms with Crippen molar-refractivity contribution in [2.24, 2.45) is 22.7 Å². The maximum atomic E-state index is 12.3. The van der Waals surface area contributed by atoms with Crippen LogP contribution in [0.15, 0.2) is 35.5 Å². The summed E-state index contributed by atoms with van der Waals surface area (Å²) in [6, 6.07) is 9.06. The molecule has 0 aromatic heterocycles. The highest BCUT2D eigenvalue weighted by Crippen LogP contribution is 2.16. The van der Waals surface area contributed by atoms with Crippen molar-refractivity contribution in [1.29, 1.82) is 0 Å². The van der Waals surface area contributed by atoms with Gasteiger partial charge in [0.15, 0.2) is 5.84 Å². The Morgan fingerprint density at radius 1 is 1.30 bits per heavy atom. The second-order valence-corrected chi connectivity index (χ2v) is 5.34. The van der Waals surface area contributed by atoms with Crippen molar-refractivity contribution in [2.75, 3.05) is 6.54 Å². The number of carbonyl (C=O) groups excluding carboxylic acids is 1. The predicted molar refractivity (Wildman–Crippen MR) is 79.6 cm³/mol. The second-order valence-electron chi connectivity index (χ2n) is 5.34. The van der Waals surface area contributed by atoms with Crippen molar-refractivity contribution >= 4 is 11.7 Å². The van der Waals surface area contributed by atoms with Crippen LogP contribution in [0.2, 0.25) is 0 Å². The number of nitrogens with two attached hydrogens (primary N) is 1. The first-order valence-corrected chi connectivity index (χ1v) is 6.77. The van der Waals surface area contributed by atoms with Crippen molar-refractivity contribution in [2.45, 2.75) is 26.7 Å². The minimum absolute atomic E-state index is 0.106. The molecular weight excluding hydrogens is 254 g/mol. The number of nitrogens with one attached hydrogen (secondary N) is 1. The van der Waals surface area contributed by atoms with Crippen LogP contribution in [0.3, 0.4) is 0 Å². The molecule has 5 heteroatoms. The maximum Gasteiger partial charge on any atom is 0.235 e. The Morgan fingerprint density at radius 2 is 1.90 bits per heavy atom. The molecule has 0 aliphatic carbocycles. The van der Waals surface area contributed by atoms with Crippen molar-refractivity contribution < 1.29 is 10.0 Å². The Morgan fingerprint density at radius 3 is 2.40 bits per heavy atom. The highest BCUT2D eigenvalue weighted by molar-refractivity contribution is 6.07. The first-order chi connectivity index (χ1) is 9.47. The average Bonchev–Trinajstić information content (AvgIpc) is 2.45. The highest BCUT2D eigenvalue weighted by Gasteiger charge is 2.25. The summed E-state index contributed by atoms with van der Waals surface area (Å²) in [7, 11) is 0. The second kappa shape index (κ2) is 7.53. The van der Waals surface area contributed by atoms with Gasteiger partial charge in [0, 0.05) is 6.54 Å². The number of hydrogen-bond donors (Lipinski definition) is 3. The lowest BCUT2D eigenvalue weighted by Crippen LogP contribution is -2.39. The molecule has 2 unspecified atom stereocenters. The normalized spacial score (nSPS) is 14.9. The van der Waals surface area contributed by atoms with E-state index in [1.807, 2.05) is 18.2 Å². The summed E-state index contributed by atoms with van der Waals surface area (Å²) < 4.78 is 0. The van der Waals surface area contributed by atoms with E-state index >= 15 is 0 Å². The topological polar surface area (TPSA) is 87.7 Å². The standard InChI is InChI=1S/C15H23N3O2/c1-10(2)11(3)9-17-15(19)13(14(16)18-20)12-7-5-4-6-8-12/h4-8,10-11,13,20H,9H2,1-3H3,(H2,16,18)(H,17,19). The summed E-state index contributed by atoms with van der Waals surface area (Å²) >= 11 is 0. The zero-order valence-corrected chi connectivity index (χ0v) is 12.2. The van der Waals surface area contributed by atoms with Crippen LogP contribution in [0.1, 0.15) is 32.3 Å². The molecule has 5 nitrogen and oxygen atoms in total. The Kier molecular flexibility index (Phi) is 6.03. The third-order valence-corrected chi connectivity index (χ3v) is 3.54. The molecule has 2 atom stereocenters. The number of amidine groups is 1. The molecule has 0 radical (unpaired) electrons. The van der Waals surface area contributed by atoms with Gasteiger partial charge < -0.3 is 16.3 Å². The average molecular weight is 277 g/mol. The SMILES string of the molecule is CC(C)C(C)CNC(=O)C(C(N)=NO)c1ccccc1. The quantitative estimate of drug-likeness (QED) is 0.321. The molecule has 0 saturated heterocycles. The van der Waals surface area contributed by atoms with Crippen LogP contribution in [0.5, 0.6) is 0 Å². The number of benzene rings is 1. The van der Waals surface area contributed by atoms with Gasteiger partial charge in [0.05, 0.1) is 0 Å². The van der Waals surface area contributed by atoms with Crippen molar-refractivity contribution in [3.05, 3.63) is 35.9 Å². The van der Waals surface area contributed by atoms with E-state index in [1.54, 1.807) is 12.1 Å². The van der Waals surface area contributed by atoms with E-state index in [2.05, 4.69) is 31.2 Å². The molecule has 0 spiro atoms. The molecule has 0 aliphatic rings. The summed E-state index contributed by atoms with van der Waals surface area (Å²) in [6.45, 7) is 6.86. The zero-order chi connectivity index (χ0) is 15.1. The third kappa shape index (κ3) is 4.26. The summed E-state index contributed by atoms with van der Waals surface area (Å²) in [5, 5.41) is 14.7. The molecule has 4 N–H and O–H groups in total. The summed E-state index contributed by atoms with van der Waals surface area (Å²) in [6.07, 6.45) is 0. The molecule has 0 bridgehead atoms. The van der Waals surface area contributed by atoms with E-state index in [0.717, 1.165) is 0 Å². The van der Waals surface area contributed by atoms with Gasteiger partial charge in [-0.05, 0) is 17.4 Å². The Labute approximate surface area is 119 Å². The number of oxime groups is 1. The minimum atomic E-state index is -0.763. The van der Waals surface area contributed by atoms with Gasteiger partial charge in [0.2, 0.25) is 5.91 Å². The van der Waals surface area contributed by atoms with Gasteiger partial charge in [-0.15, -0.1) is 0 Å². The van der Waals surface area contributed by atoms with Crippen LogP contribution >= 0.6 is 0 Å². The van der Waals surface area contributed by atoms with E-state index in [-0.39, 0.29) is 11.7 Å². The Balaban J connectivity index is 2.82. The molecule has 20 heavy (non-hydrogen) atoms. The number of carbonyl (C=O) groups is 1. The molecule has 1 aromatic rings. The van der Waals surface area contributed by atoms with Crippen LogP contribution in [-0.4, -0.2) is 23.5 Å². The molecule has 0 aliphatic heterocycles. The predicted octanol–water partition coefficient (Wildman–Crippen LogP) is 1.92. The molecule has 1 aromatic carbocycles. The van der Waals surface area contributed by atoms with Gasteiger partial charge in [-0.3, -0.25) is 4.79 Å². The van der Waals surface area contributed by atoms with Crippen molar-refractivity contribution in [3.8, 4) is 0 Å². The molecule has 1 amide bonds. The van der Waals surface area contributed by atoms with Gasteiger partial charge in [0.1, 0.15) is 5.92 Å². The van der Waals surface area contributed by atoms with Gasteiger partial charge in [-0.2, -0.15) is 0 Å². The number of amides is 1. The smallest absolute Gasteiger partial charge is 0.235 e. The highest BCUT2D eigenvalue weighted by atomic mass is 16.4. The van der Waals surface area contributed by atoms with E-state index in [9.17, 15) is 4.79 Å². The lowest BCUT2D eigenvalue weighted by molar-refractivity contribution is -0.121. The van der Waals surface area contributed by atoms with Crippen LogP contribution in [0.25, 0.3) is 0 Å². The molecule has 110 valence electrons. The molecule has 0 saturated carbocycles. The van der Waals surface area contributed by atoms with Crippen molar-refractivity contribution in [3.63, 3.8) is 0 Å². The van der Waals surface area contributed by atoms with Gasteiger partial charge in [-0.25, -0.2) is 0 Å². The van der Waals surface area contributed by atoms with Crippen LogP contribution in [0, 0.1) is 11.8 Å². The maximum absolute atomic E-state index is 12.3. The van der Waals surface area contributed by atoms with Crippen LogP contribution in [0.4, 0.5) is 0 Å². The molecule has 0 fully saturated rings. The number of hydrogen-bond acceptors (Lipinski definition) is 3. The van der Waals surface area contributed by atoms with Gasteiger partial charge in [-0.1, -0.05) is 56.3 Å². The van der Waals surface area contributed by atoms with E-state index < -0.39 is 5.92 Å². The molecule has 0 heterocycles. The lowest BCUT2D eigenvalue weighted by atomic mass is 9.95. The Bertz CT molecular complexity index is 457. The van der Waals surface area contributed by atoms with Gasteiger partial charge >= 0.3 is 0 Å². The summed E-state index contributed by atoms with van der Waals surface area (Å²) in [4.78, 5) is 12.3. The molecular formula is C15H23N3O2. The molecule has 1 rings (SSSR count). The summed E-state index contributed by atoms with van der Waals surface area (Å²) in [5.74, 6) is -0.276. The van der Waals surface area contributed by atoms with Gasteiger partial charge in [0.25, 0.3) is 0 Å². The fourth-order valence-electron chi connectivity index (χ4n) is 1.76. The number of nitrogens with zero attached hydrogens (tertiary/aromatic N) is 1. The van der Waals surface area contributed by atoms with Crippen LogP contribution < -0.4 is 11.1 Å².